The van der Waals surface area contributed by atoms with E-state index >= 15 is 0 Å². The highest BCUT2D eigenvalue weighted by molar-refractivity contribution is 7.17. The molecule has 0 bridgehead atoms. The molecule has 0 fully saturated rings. The lowest BCUT2D eigenvalue weighted by Crippen LogP contribution is -2.12. The fraction of sp³-hybridized carbons (Fsp3) is 0.167. The summed E-state index contributed by atoms with van der Waals surface area (Å²) in [6.07, 6.45) is -4.59. The molecule has 2 heterocycles. The van der Waals surface area contributed by atoms with Crippen molar-refractivity contribution in [1.29, 1.82) is 0 Å². The van der Waals surface area contributed by atoms with E-state index in [9.17, 15) is 13.2 Å². The van der Waals surface area contributed by atoms with E-state index in [1.807, 2.05) is 0 Å². The monoisotopic (exact) mass is 220 g/mol. The minimum atomic E-state index is -4.59. The van der Waals surface area contributed by atoms with E-state index in [2.05, 4.69) is 15.0 Å². The maximum atomic E-state index is 12.2. The summed E-state index contributed by atoms with van der Waals surface area (Å²) >= 11 is 1.10. The SMILES string of the molecule is Nc1nc(C(F)(F)F)nc2ncsc12. The fourth-order valence-corrected chi connectivity index (χ4v) is 1.54. The molecule has 0 unspecified atom stereocenters. The van der Waals surface area contributed by atoms with Crippen LogP contribution in [0.25, 0.3) is 10.3 Å². The molecule has 0 aliphatic carbocycles. The molecule has 74 valence electrons. The van der Waals surface area contributed by atoms with Crippen LogP contribution in [-0.2, 0) is 6.18 Å². The van der Waals surface area contributed by atoms with Crippen molar-refractivity contribution in [3.8, 4) is 0 Å². The molecule has 0 aliphatic heterocycles. The predicted molar refractivity (Wildman–Crippen MR) is 44.6 cm³/mol. The van der Waals surface area contributed by atoms with E-state index < -0.39 is 12.0 Å². The van der Waals surface area contributed by atoms with Crippen LogP contribution in [0.4, 0.5) is 19.0 Å². The largest absolute Gasteiger partial charge is 0.451 e. The molecule has 0 radical (unpaired) electrons. The van der Waals surface area contributed by atoms with Crippen LogP contribution < -0.4 is 5.73 Å². The number of aromatic nitrogens is 3. The van der Waals surface area contributed by atoms with Crippen LogP contribution in [0.15, 0.2) is 5.51 Å². The number of hydrogen-bond donors (Lipinski definition) is 1. The van der Waals surface area contributed by atoms with Crippen LogP contribution in [0.1, 0.15) is 5.82 Å². The predicted octanol–water partition coefficient (Wildman–Crippen LogP) is 1.69. The summed E-state index contributed by atoms with van der Waals surface area (Å²) < 4.78 is 37.0. The maximum absolute atomic E-state index is 12.2. The molecule has 2 rings (SSSR count). The molecule has 0 saturated heterocycles. The van der Waals surface area contributed by atoms with Gasteiger partial charge in [0.2, 0.25) is 5.82 Å². The van der Waals surface area contributed by atoms with Crippen LogP contribution in [0.2, 0.25) is 0 Å². The lowest BCUT2D eigenvalue weighted by Gasteiger charge is -2.04. The topological polar surface area (TPSA) is 64.7 Å². The van der Waals surface area contributed by atoms with Crippen LogP contribution >= 0.6 is 11.3 Å². The zero-order valence-corrected chi connectivity index (χ0v) is 7.35. The number of nitrogens with zero attached hydrogens (tertiary/aromatic N) is 3. The molecule has 2 aromatic heterocycles. The third-order valence-corrected chi connectivity index (χ3v) is 2.31. The highest BCUT2D eigenvalue weighted by atomic mass is 32.1. The van der Waals surface area contributed by atoms with Gasteiger partial charge in [0.1, 0.15) is 10.5 Å². The Balaban J connectivity index is 2.70. The van der Waals surface area contributed by atoms with E-state index in [0.717, 1.165) is 11.3 Å². The van der Waals surface area contributed by atoms with Gasteiger partial charge < -0.3 is 5.73 Å². The second-order valence-electron chi connectivity index (χ2n) is 2.44. The molecule has 0 saturated carbocycles. The third kappa shape index (κ3) is 1.37. The first-order chi connectivity index (χ1) is 6.48. The number of nitrogen functional groups attached to an aromatic ring is 1. The van der Waals surface area contributed by atoms with Crippen LogP contribution in [0, 0.1) is 0 Å². The number of rotatable bonds is 0. The quantitative estimate of drug-likeness (QED) is 0.733. The summed E-state index contributed by atoms with van der Waals surface area (Å²) in [4.78, 5) is 10.0. The number of nitrogens with two attached hydrogens (primary N) is 1. The molecule has 0 aromatic carbocycles. The number of alkyl halides is 3. The second-order valence-corrected chi connectivity index (χ2v) is 3.29. The van der Waals surface area contributed by atoms with Crippen molar-refractivity contribution in [2.24, 2.45) is 0 Å². The van der Waals surface area contributed by atoms with Gasteiger partial charge in [-0.25, -0.2) is 15.0 Å². The van der Waals surface area contributed by atoms with Crippen molar-refractivity contribution in [3.05, 3.63) is 11.3 Å². The van der Waals surface area contributed by atoms with Crippen molar-refractivity contribution in [1.82, 2.24) is 15.0 Å². The molecule has 14 heavy (non-hydrogen) atoms. The number of anilines is 1. The molecule has 4 nitrogen and oxygen atoms in total. The minimum Gasteiger partial charge on any atom is -0.382 e. The average Bonchev–Trinajstić information content (AvgIpc) is 2.50. The first-order valence-electron chi connectivity index (χ1n) is 3.42. The highest BCUT2D eigenvalue weighted by Crippen LogP contribution is 2.30. The molecule has 0 amide bonds. The Morgan fingerprint density at radius 3 is 2.64 bits per heavy atom. The summed E-state index contributed by atoms with van der Waals surface area (Å²) in [5.41, 5.74) is 6.67. The molecule has 0 spiro atoms. The summed E-state index contributed by atoms with van der Waals surface area (Å²) in [6, 6.07) is 0. The Morgan fingerprint density at radius 1 is 1.29 bits per heavy atom. The standard InChI is InChI=1S/C6H3F3N4S/c7-6(8,9)5-12-3(10)2-4(13-5)11-1-14-2/h1H,(H2,10,12,13). The van der Waals surface area contributed by atoms with Crippen LogP contribution in [-0.4, -0.2) is 15.0 Å². The van der Waals surface area contributed by atoms with E-state index in [1.54, 1.807) is 0 Å². The van der Waals surface area contributed by atoms with Crippen molar-refractivity contribution < 1.29 is 13.2 Å². The van der Waals surface area contributed by atoms with Crippen LogP contribution in [0.3, 0.4) is 0 Å². The summed E-state index contributed by atoms with van der Waals surface area (Å²) in [6.45, 7) is 0. The van der Waals surface area contributed by atoms with Crippen molar-refractivity contribution in [2.45, 2.75) is 6.18 Å². The molecular formula is C6H3F3N4S. The minimum absolute atomic E-state index is 0.0187. The van der Waals surface area contributed by atoms with Gasteiger partial charge in [-0.15, -0.1) is 11.3 Å². The first-order valence-corrected chi connectivity index (χ1v) is 4.30. The maximum Gasteiger partial charge on any atom is 0.451 e. The summed E-state index contributed by atoms with van der Waals surface area (Å²) in [5, 5.41) is 0. The number of fused-ring (bicyclic) bond motifs is 1. The third-order valence-electron chi connectivity index (χ3n) is 1.47. The molecule has 2 N–H and O–H groups in total. The van der Waals surface area contributed by atoms with E-state index in [4.69, 9.17) is 5.73 Å². The molecule has 0 atom stereocenters. The van der Waals surface area contributed by atoms with Crippen LogP contribution in [0.5, 0.6) is 0 Å². The Kier molecular flexibility index (Phi) is 1.81. The van der Waals surface area contributed by atoms with Gasteiger partial charge in [0.15, 0.2) is 5.65 Å². The van der Waals surface area contributed by atoms with Gasteiger partial charge in [-0.3, -0.25) is 0 Å². The Bertz CT molecular complexity index is 477. The summed E-state index contributed by atoms with van der Waals surface area (Å²) in [5.74, 6) is -1.45. The Labute approximate surface area is 79.6 Å². The summed E-state index contributed by atoms with van der Waals surface area (Å²) in [7, 11) is 0. The molecular weight excluding hydrogens is 217 g/mol. The van der Waals surface area contributed by atoms with Gasteiger partial charge in [-0.05, 0) is 0 Å². The van der Waals surface area contributed by atoms with Crippen molar-refractivity contribution in [2.75, 3.05) is 5.73 Å². The molecule has 2 aromatic rings. The van der Waals surface area contributed by atoms with E-state index in [1.165, 1.54) is 5.51 Å². The van der Waals surface area contributed by atoms with Gasteiger partial charge in [0.25, 0.3) is 0 Å². The first kappa shape index (κ1) is 9.13. The Morgan fingerprint density at radius 2 is 2.00 bits per heavy atom. The second kappa shape index (κ2) is 2.77. The van der Waals surface area contributed by atoms with Gasteiger partial charge in [-0.1, -0.05) is 0 Å². The number of halogens is 3. The molecule has 8 heteroatoms. The van der Waals surface area contributed by atoms with Gasteiger partial charge in [-0.2, -0.15) is 13.2 Å². The highest BCUT2D eigenvalue weighted by Gasteiger charge is 2.35. The smallest absolute Gasteiger partial charge is 0.382 e. The Hall–Kier alpha value is -1.44. The van der Waals surface area contributed by atoms with E-state index in [-0.39, 0.29) is 11.5 Å². The van der Waals surface area contributed by atoms with Crippen molar-refractivity contribution in [3.63, 3.8) is 0 Å². The average molecular weight is 220 g/mol. The lowest BCUT2D eigenvalue weighted by atomic mass is 10.5. The lowest BCUT2D eigenvalue weighted by molar-refractivity contribution is -0.144. The fourth-order valence-electron chi connectivity index (χ4n) is 0.912. The van der Waals surface area contributed by atoms with Crippen molar-refractivity contribution >= 4 is 27.5 Å². The zero-order chi connectivity index (χ0) is 10.3. The van der Waals surface area contributed by atoms with Gasteiger partial charge in [0, 0.05) is 0 Å². The number of hydrogen-bond acceptors (Lipinski definition) is 5. The zero-order valence-electron chi connectivity index (χ0n) is 6.54. The normalized spacial score (nSPS) is 12.2. The van der Waals surface area contributed by atoms with E-state index in [0.29, 0.717) is 4.70 Å². The van der Waals surface area contributed by atoms with Gasteiger partial charge in [0.05, 0.1) is 5.51 Å². The molecule has 0 aliphatic rings. The number of thiazole rings is 1. The van der Waals surface area contributed by atoms with Gasteiger partial charge >= 0.3 is 6.18 Å².